The van der Waals surface area contributed by atoms with Gasteiger partial charge in [-0.1, -0.05) is 12.1 Å². The van der Waals surface area contributed by atoms with E-state index in [1.807, 2.05) is 0 Å². The number of phenolic OH excluding ortho intramolecular Hbond substituents is 2. The number of ether oxygens (including phenoxy) is 4. The number of benzene rings is 2. The van der Waals surface area contributed by atoms with Crippen molar-refractivity contribution in [2.45, 2.75) is 138 Å². The van der Waals surface area contributed by atoms with E-state index in [0.717, 1.165) is 25.7 Å². The molecule has 6 N–H and O–H groups in total. The summed E-state index contributed by atoms with van der Waals surface area (Å²) in [5.74, 6) is -4.52. The van der Waals surface area contributed by atoms with Gasteiger partial charge in [-0.25, -0.2) is 4.79 Å². The van der Waals surface area contributed by atoms with Gasteiger partial charge in [-0.15, -0.1) is 0 Å². The van der Waals surface area contributed by atoms with Gasteiger partial charge in [0.15, 0.2) is 17.9 Å². The number of ketones is 3. The lowest BCUT2D eigenvalue weighted by Crippen LogP contribution is -2.65. The Bertz CT molecular complexity index is 2170. The summed E-state index contributed by atoms with van der Waals surface area (Å²) in [6.07, 6.45) is -0.890. The third-order valence-electron chi connectivity index (χ3n) is 14.9. The molecule has 2 saturated heterocycles. The molecule has 9 aliphatic rings. The van der Waals surface area contributed by atoms with E-state index in [4.69, 9.17) is 38.5 Å². The monoisotopic (exact) mass is 865 g/mol. The number of carbonyl (C=O) groups is 4. The van der Waals surface area contributed by atoms with E-state index in [-0.39, 0.29) is 52.7 Å². The number of methoxy groups -OCH3 is 1. The topological polar surface area (TPSA) is 255 Å². The molecular formula is C44H51NO17. The third kappa shape index (κ3) is 6.55. The Labute approximate surface area is 355 Å². The molecule has 0 radical (unpaired) electrons. The van der Waals surface area contributed by atoms with Crippen molar-refractivity contribution >= 4 is 23.4 Å². The molecule has 18 nitrogen and oxygen atoms in total. The molecule has 5 saturated carbocycles. The maximum atomic E-state index is 14.0. The molecule has 7 fully saturated rings. The van der Waals surface area contributed by atoms with Crippen LogP contribution in [0.2, 0.25) is 0 Å². The molecule has 2 heterocycles. The Morgan fingerprint density at radius 2 is 1.60 bits per heavy atom. The first-order chi connectivity index (χ1) is 29.7. The molecule has 2 unspecified atom stereocenters. The lowest BCUT2D eigenvalue weighted by atomic mass is 9.53. The maximum Gasteiger partial charge on any atom is 0.407 e. The molecule has 62 heavy (non-hydrogen) atoms. The highest BCUT2D eigenvalue weighted by Gasteiger charge is 2.65. The normalized spacial score (nSPS) is 39.2. The Kier molecular flexibility index (Phi) is 10.2. The zero-order valence-corrected chi connectivity index (χ0v) is 34.3. The molecule has 7 aliphatic carbocycles. The van der Waals surface area contributed by atoms with Gasteiger partial charge >= 0.3 is 6.09 Å². The molecule has 2 aromatic rings. The minimum atomic E-state index is -2.36. The molecule has 334 valence electrons. The molecule has 4 bridgehead atoms. The van der Waals surface area contributed by atoms with Crippen molar-refractivity contribution in [2.75, 3.05) is 13.7 Å². The van der Waals surface area contributed by atoms with Gasteiger partial charge in [0, 0.05) is 60.6 Å². The molecule has 2 spiro atoms. The van der Waals surface area contributed by atoms with Crippen molar-refractivity contribution < 1.29 is 83.2 Å². The number of hydrogen-bond donors (Lipinski definition) is 6. The van der Waals surface area contributed by atoms with Crippen LogP contribution in [-0.4, -0.2) is 111 Å². The van der Waals surface area contributed by atoms with E-state index in [2.05, 4.69) is 5.32 Å². The van der Waals surface area contributed by atoms with Crippen molar-refractivity contribution in [1.82, 2.24) is 5.32 Å². The second-order valence-electron chi connectivity index (χ2n) is 18.6. The molecule has 7 atom stereocenters. The van der Waals surface area contributed by atoms with E-state index in [0.29, 0.717) is 31.1 Å². The first-order valence-corrected chi connectivity index (χ1v) is 21.6. The van der Waals surface area contributed by atoms with Crippen molar-refractivity contribution in [3.8, 4) is 17.2 Å². The van der Waals surface area contributed by atoms with E-state index in [9.17, 15) is 44.7 Å². The molecule has 2 aliphatic heterocycles. The molecule has 0 aromatic heterocycles. The zero-order valence-electron chi connectivity index (χ0n) is 34.3. The van der Waals surface area contributed by atoms with Gasteiger partial charge in [0.1, 0.15) is 41.7 Å². The number of carbonyl (C=O) groups excluding carboxylic acids is 4. The maximum absolute atomic E-state index is 14.0. The Hall–Kier alpha value is -4.24. The lowest BCUT2D eigenvalue weighted by Gasteiger charge is -2.60. The van der Waals surface area contributed by atoms with E-state index in [1.165, 1.54) is 38.7 Å². The number of aliphatic hydroxyl groups excluding tert-OH is 2. The number of fused-ring (bicyclic) bond motifs is 3. The fourth-order valence-corrected chi connectivity index (χ4v) is 12.0. The summed E-state index contributed by atoms with van der Waals surface area (Å²) >= 11 is 0. The van der Waals surface area contributed by atoms with Gasteiger partial charge < -0.3 is 49.8 Å². The highest BCUT2D eigenvalue weighted by Crippen LogP contribution is 2.62. The number of rotatable bonds is 7. The van der Waals surface area contributed by atoms with Gasteiger partial charge in [-0.2, -0.15) is 19.6 Å². The third-order valence-corrected chi connectivity index (χ3v) is 14.9. The summed E-state index contributed by atoms with van der Waals surface area (Å²) in [5, 5.41) is 58.9. The largest absolute Gasteiger partial charge is 0.507 e. The predicted molar refractivity (Wildman–Crippen MR) is 206 cm³/mol. The van der Waals surface area contributed by atoms with Crippen LogP contribution in [0.15, 0.2) is 18.2 Å². The quantitative estimate of drug-likeness (QED) is 0.147. The number of phenols is 2. The highest BCUT2D eigenvalue weighted by molar-refractivity contribution is 6.31. The summed E-state index contributed by atoms with van der Waals surface area (Å²) in [6.45, 7) is 0.454. The average molecular weight is 866 g/mol. The fourth-order valence-electron chi connectivity index (χ4n) is 12.0. The lowest BCUT2D eigenvalue weighted by molar-refractivity contribution is -0.681. The minimum absolute atomic E-state index is 0.0613. The van der Waals surface area contributed by atoms with Crippen LogP contribution in [0.4, 0.5) is 4.79 Å². The van der Waals surface area contributed by atoms with Crippen LogP contribution in [0.25, 0.3) is 0 Å². The Balaban J connectivity index is 0.852. The molecular weight excluding hydrogens is 814 g/mol. The highest BCUT2D eigenvalue weighted by atomic mass is 17.4. The van der Waals surface area contributed by atoms with Crippen LogP contribution in [-0.2, 0) is 45.0 Å². The SMILES string of the molecule is COc1cccc2c1C(=O)c1c(O)c3c(c(O)c1C2=O)CC(O)(C(=O)CO)C[C@H]3O[C@@H]1C[C@@H](NC(=O)OC2CCCC3(C2)OOC2(OO3)C3CC4CC(C3)CC2C4)[C@@H](O)[C@@H](C)O1. The molecule has 11 rings (SSSR count). The average Bonchev–Trinajstić information content (AvgIpc) is 3.24. The number of aliphatic hydroxyl groups is 3. The first-order valence-electron chi connectivity index (χ1n) is 21.6. The molecule has 1 amide bonds. The molecule has 2 aromatic carbocycles. The Morgan fingerprint density at radius 1 is 0.903 bits per heavy atom. The van der Waals surface area contributed by atoms with Crippen LogP contribution >= 0.6 is 0 Å². The number of Topliss-reactive ketones (excluding diaryl/α,β-unsaturated/α-hetero) is 1. The second kappa shape index (κ2) is 15.2. The summed E-state index contributed by atoms with van der Waals surface area (Å²) in [6, 6.07) is 3.31. The summed E-state index contributed by atoms with van der Waals surface area (Å²) in [4.78, 5) is 78.8. The number of alkyl carbamates (subject to hydrolysis) is 1. The van der Waals surface area contributed by atoms with Crippen LogP contribution < -0.4 is 10.1 Å². The van der Waals surface area contributed by atoms with Crippen molar-refractivity contribution in [3.63, 3.8) is 0 Å². The smallest absolute Gasteiger partial charge is 0.407 e. The number of nitrogens with one attached hydrogen (secondary N) is 1. The van der Waals surface area contributed by atoms with Gasteiger partial charge in [-0.3, -0.25) is 14.4 Å². The zero-order chi connectivity index (χ0) is 43.5. The standard InChI is InChI=1S/C44H51NO17/c1-19-36(48)27(45-41(53)57-24-5-4-8-43(15-24)59-61-44(62-60-43)22-10-20-9-21(12-22)13-23(44)11-20)14-31(56-19)58-29-17-42(54,30(47)18-46)16-26-33(29)40(52)35-34(38(26)50)37(49)25-6-3-7-28(55-2)32(25)39(35)51/h3,6-7,19-24,27,29,31,36,46,48,50,52,54H,4-5,8-18H2,1-2H3,(H,45,53)/t19-,20?,21?,22?,23?,24?,27-,29-,31-,36+,42?,43?,44?/m1/s1. The predicted octanol–water partition coefficient (Wildman–Crippen LogP) is 3.47. The second-order valence-corrected chi connectivity index (χ2v) is 18.6. The van der Waals surface area contributed by atoms with Crippen LogP contribution in [0, 0.1) is 23.7 Å². The molecule has 18 heteroatoms. The van der Waals surface area contributed by atoms with Gasteiger partial charge in [-0.05, 0) is 69.8 Å². The fraction of sp³-hybridized carbons (Fsp3) is 0.636. The van der Waals surface area contributed by atoms with Gasteiger partial charge in [0.2, 0.25) is 17.4 Å². The number of aromatic hydroxyl groups is 2. The van der Waals surface area contributed by atoms with E-state index >= 15 is 0 Å². The van der Waals surface area contributed by atoms with E-state index < -0.39 is 119 Å². The van der Waals surface area contributed by atoms with Crippen molar-refractivity contribution in [2.24, 2.45) is 23.7 Å². The summed E-state index contributed by atoms with van der Waals surface area (Å²) in [5.41, 5.74) is -4.07. The van der Waals surface area contributed by atoms with E-state index in [1.54, 1.807) is 0 Å². The number of hydrogen-bond acceptors (Lipinski definition) is 17. The van der Waals surface area contributed by atoms with Crippen LogP contribution in [0.1, 0.15) is 127 Å². The minimum Gasteiger partial charge on any atom is -0.507 e. The summed E-state index contributed by atoms with van der Waals surface area (Å²) in [7, 11) is 1.31. The van der Waals surface area contributed by atoms with Crippen LogP contribution in [0.3, 0.4) is 0 Å². The van der Waals surface area contributed by atoms with Crippen molar-refractivity contribution in [3.05, 3.63) is 51.6 Å². The summed E-state index contributed by atoms with van der Waals surface area (Å²) < 4.78 is 23.5. The van der Waals surface area contributed by atoms with Crippen molar-refractivity contribution in [1.29, 1.82) is 0 Å². The van der Waals surface area contributed by atoms with Crippen LogP contribution in [0.5, 0.6) is 17.2 Å². The number of amides is 1. The van der Waals surface area contributed by atoms with Gasteiger partial charge in [0.05, 0.1) is 42.0 Å². The van der Waals surface area contributed by atoms with Gasteiger partial charge in [0.25, 0.3) is 0 Å². The first kappa shape index (κ1) is 41.8. The Morgan fingerprint density at radius 3 is 2.27 bits per heavy atom.